The van der Waals surface area contributed by atoms with Gasteiger partial charge in [0.25, 0.3) is 0 Å². The largest absolute Gasteiger partial charge is 0.481 e. The van der Waals surface area contributed by atoms with Gasteiger partial charge < -0.3 is 5.11 Å². The zero-order valence-corrected chi connectivity index (χ0v) is 10.9. The first-order chi connectivity index (χ1) is 8.16. The fourth-order valence-corrected chi connectivity index (χ4v) is 3.16. The molecule has 0 amide bonds. The highest BCUT2D eigenvalue weighted by atomic mass is 32.1. The fourth-order valence-electron chi connectivity index (χ4n) is 2.50. The van der Waals surface area contributed by atoms with Crippen LogP contribution in [0.2, 0.25) is 0 Å². The molecule has 0 bridgehead atoms. The van der Waals surface area contributed by atoms with E-state index in [-0.39, 0.29) is 0 Å². The third kappa shape index (κ3) is 2.66. The Balaban J connectivity index is 2.03. The summed E-state index contributed by atoms with van der Waals surface area (Å²) in [5, 5.41) is 12.4. The molecule has 0 radical (unpaired) electrons. The van der Waals surface area contributed by atoms with E-state index in [1.54, 1.807) is 17.5 Å². The van der Waals surface area contributed by atoms with Crippen molar-refractivity contribution in [3.05, 3.63) is 16.6 Å². The van der Waals surface area contributed by atoms with Crippen LogP contribution in [0.3, 0.4) is 0 Å². The maximum Gasteiger partial charge on any atom is 0.310 e. The van der Waals surface area contributed by atoms with Gasteiger partial charge in [-0.05, 0) is 25.8 Å². The van der Waals surface area contributed by atoms with Gasteiger partial charge in [0, 0.05) is 18.1 Å². The van der Waals surface area contributed by atoms with E-state index in [0.29, 0.717) is 13.0 Å². The Kier molecular flexibility index (Phi) is 3.79. The first kappa shape index (κ1) is 12.5. The Morgan fingerprint density at radius 3 is 3.12 bits per heavy atom. The molecule has 2 rings (SSSR count). The average Bonchev–Trinajstić information content (AvgIpc) is 2.82. The number of likely N-dealkylation sites (tertiary alicyclic amines) is 1. The summed E-state index contributed by atoms with van der Waals surface area (Å²) in [5.41, 5.74) is -0.546. The van der Waals surface area contributed by atoms with E-state index in [0.717, 1.165) is 30.9 Å². The summed E-state index contributed by atoms with van der Waals surface area (Å²) >= 11 is 1.63. The molecule has 0 aromatic carbocycles. The van der Waals surface area contributed by atoms with Crippen LogP contribution < -0.4 is 0 Å². The van der Waals surface area contributed by atoms with E-state index < -0.39 is 11.4 Å². The number of carboxylic acid groups (broad SMARTS) is 1. The number of carbonyl (C=O) groups is 1. The zero-order chi connectivity index (χ0) is 12.3. The molecule has 4 nitrogen and oxygen atoms in total. The van der Waals surface area contributed by atoms with E-state index in [1.807, 2.05) is 12.3 Å². The van der Waals surface area contributed by atoms with Gasteiger partial charge in [-0.1, -0.05) is 6.92 Å². The highest BCUT2D eigenvalue weighted by Crippen LogP contribution is 2.34. The molecule has 1 saturated heterocycles. The number of aromatic nitrogens is 1. The van der Waals surface area contributed by atoms with Crippen molar-refractivity contribution in [2.75, 3.05) is 13.1 Å². The van der Waals surface area contributed by atoms with Gasteiger partial charge in [0.05, 0.1) is 12.0 Å². The molecule has 0 saturated carbocycles. The van der Waals surface area contributed by atoms with Gasteiger partial charge in [0.15, 0.2) is 0 Å². The molecule has 1 unspecified atom stereocenters. The van der Waals surface area contributed by atoms with Crippen LogP contribution in [0.1, 0.15) is 31.2 Å². The Morgan fingerprint density at radius 1 is 1.71 bits per heavy atom. The van der Waals surface area contributed by atoms with Crippen LogP contribution in [-0.2, 0) is 11.3 Å². The summed E-state index contributed by atoms with van der Waals surface area (Å²) in [6, 6.07) is 0. The van der Waals surface area contributed by atoms with E-state index in [9.17, 15) is 9.90 Å². The number of thiazole rings is 1. The maximum atomic E-state index is 11.4. The average molecular weight is 254 g/mol. The molecular weight excluding hydrogens is 236 g/mol. The third-order valence-electron chi connectivity index (χ3n) is 3.63. The minimum absolute atomic E-state index is 0.546. The number of piperidine rings is 1. The molecule has 1 aromatic heterocycles. The van der Waals surface area contributed by atoms with Crippen molar-refractivity contribution in [1.29, 1.82) is 0 Å². The lowest BCUT2D eigenvalue weighted by atomic mass is 9.77. The minimum atomic E-state index is -0.649. The molecule has 2 heterocycles. The second-order valence-corrected chi connectivity index (χ2v) is 5.66. The van der Waals surface area contributed by atoms with Crippen LogP contribution in [0.5, 0.6) is 0 Å². The SMILES string of the molecule is CCC1(C(=O)O)CCCN(Cc2nccs2)C1. The normalized spacial score (nSPS) is 25.9. The molecule has 1 atom stereocenters. The maximum absolute atomic E-state index is 11.4. The molecule has 1 N–H and O–H groups in total. The van der Waals surface area contributed by atoms with E-state index in [4.69, 9.17) is 0 Å². The third-order valence-corrected chi connectivity index (χ3v) is 4.39. The number of carboxylic acids is 1. The van der Waals surface area contributed by atoms with Crippen molar-refractivity contribution in [1.82, 2.24) is 9.88 Å². The summed E-state index contributed by atoms with van der Waals surface area (Å²) in [6.07, 6.45) is 4.27. The molecular formula is C12H18N2O2S. The minimum Gasteiger partial charge on any atom is -0.481 e. The standard InChI is InChI=1S/C12H18N2O2S/c1-2-12(11(15)16)4-3-6-14(9-12)8-10-13-5-7-17-10/h5,7H,2-4,6,8-9H2,1H3,(H,15,16). The molecule has 1 fully saturated rings. The fraction of sp³-hybridized carbons (Fsp3) is 0.667. The summed E-state index contributed by atoms with van der Waals surface area (Å²) in [6.45, 7) is 4.39. The molecule has 17 heavy (non-hydrogen) atoms. The van der Waals surface area contributed by atoms with E-state index in [1.165, 1.54) is 0 Å². The number of hydrogen-bond acceptors (Lipinski definition) is 4. The van der Waals surface area contributed by atoms with Gasteiger partial charge in [-0.3, -0.25) is 9.69 Å². The van der Waals surface area contributed by atoms with Crippen molar-refractivity contribution >= 4 is 17.3 Å². The van der Waals surface area contributed by atoms with E-state index >= 15 is 0 Å². The number of hydrogen-bond donors (Lipinski definition) is 1. The predicted molar refractivity (Wildman–Crippen MR) is 67.0 cm³/mol. The van der Waals surface area contributed by atoms with Crippen molar-refractivity contribution < 1.29 is 9.90 Å². The van der Waals surface area contributed by atoms with Crippen LogP contribution >= 0.6 is 11.3 Å². The molecule has 1 aliphatic heterocycles. The van der Waals surface area contributed by atoms with Crippen LogP contribution in [0.25, 0.3) is 0 Å². The summed E-state index contributed by atoms with van der Waals surface area (Å²) in [4.78, 5) is 17.9. The van der Waals surface area contributed by atoms with Crippen molar-refractivity contribution in [3.8, 4) is 0 Å². The van der Waals surface area contributed by atoms with Crippen LogP contribution in [0, 0.1) is 5.41 Å². The van der Waals surface area contributed by atoms with Gasteiger partial charge in [-0.2, -0.15) is 0 Å². The lowest BCUT2D eigenvalue weighted by molar-refractivity contribution is -0.153. The van der Waals surface area contributed by atoms with Crippen LogP contribution in [0.4, 0.5) is 0 Å². The molecule has 0 spiro atoms. The van der Waals surface area contributed by atoms with Gasteiger partial charge >= 0.3 is 5.97 Å². The first-order valence-corrected chi connectivity index (χ1v) is 6.88. The Hall–Kier alpha value is -0.940. The molecule has 1 aromatic rings. The molecule has 94 valence electrons. The first-order valence-electron chi connectivity index (χ1n) is 6.00. The van der Waals surface area contributed by atoms with Crippen molar-refractivity contribution in [2.24, 2.45) is 5.41 Å². The summed E-state index contributed by atoms with van der Waals surface area (Å²) in [7, 11) is 0. The number of aliphatic carboxylic acids is 1. The van der Waals surface area contributed by atoms with E-state index in [2.05, 4.69) is 9.88 Å². The highest BCUT2D eigenvalue weighted by Gasteiger charge is 2.40. The Labute approximate surface area is 105 Å². The van der Waals surface area contributed by atoms with Crippen molar-refractivity contribution in [3.63, 3.8) is 0 Å². The summed E-state index contributed by atoms with van der Waals surface area (Å²) in [5.74, 6) is -0.649. The second-order valence-electron chi connectivity index (χ2n) is 4.68. The van der Waals surface area contributed by atoms with Gasteiger partial charge in [0.1, 0.15) is 5.01 Å². The summed E-state index contributed by atoms with van der Waals surface area (Å²) < 4.78 is 0. The smallest absolute Gasteiger partial charge is 0.310 e. The van der Waals surface area contributed by atoms with Crippen LogP contribution in [0.15, 0.2) is 11.6 Å². The molecule has 1 aliphatic rings. The predicted octanol–water partition coefficient (Wildman–Crippen LogP) is 2.22. The number of rotatable bonds is 4. The van der Waals surface area contributed by atoms with Gasteiger partial charge in [-0.25, -0.2) is 4.98 Å². The van der Waals surface area contributed by atoms with Gasteiger partial charge in [-0.15, -0.1) is 11.3 Å². The monoisotopic (exact) mass is 254 g/mol. The Morgan fingerprint density at radius 2 is 2.53 bits per heavy atom. The Bertz CT molecular complexity index is 380. The molecule has 0 aliphatic carbocycles. The molecule has 5 heteroatoms. The lowest BCUT2D eigenvalue weighted by Gasteiger charge is -2.39. The zero-order valence-electron chi connectivity index (χ0n) is 10.1. The quantitative estimate of drug-likeness (QED) is 0.895. The topological polar surface area (TPSA) is 53.4 Å². The van der Waals surface area contributed by atoms with Crippen molar-refractivity contribution in [2.45, 2.75) is 32.7 Å². The second kappa shape index (κ2) is 5.14. The van der Waals surface area contributed by atoms with Gasteiger partial charge in [0.2, 0.25) is 0 Å². The van der Waals surface area contributed by atoms with Crippen LogP contribution in [-0.4, -0.2) is 34.0 Å². The lowest BCUT2D eigenvalue weighted by Crippen LogP contribution is -2.47. The number of nitrogens with zero attached hydrogens (tertiary/aromatic N) is 2. The highest BCUT2D eigenvalue weighted by molar-refractivity contribution is 7.09.